The lowest BCUT2D eigenvalue weighted by Gasteiger charge is -2.17. The summed E-state index contributed by atoms with van der Waals surface area (Å²) < 4.78 is 5.39. The van der Waals surface area contributed by atoms with E-state index in [-0.39, 0.29) is 6.10 Å². The second kappa shape index (κ2) is 5.08. The van der Waals surface area contributed by atoms with E-state index in [9.17, 15) is 0 Å². The summed E-state index contributed by atoms with van der Waals surface area (Å²) in [4.78, 5) is 4.28. The number of nitrogens with one attached hydrogen (secondary N) is 1. The van der Waals surface area contributed by atoms with E-state index >= 15 is 0 Å². The summed E-state index contributed by atoms with van der Waals surface area (Å²) in [6.07, 6.45) is 1.99. The van der Waals surface area contributed by atoms with Gasteiger partial charge in [-0.1, -0.05) is 0 Å². The maximum Gasteiger partial charge on any atom is 0.0962 e. The average Bonchev–Trinajstić information content (AvgIpc) is 2.15. The lowest BCUT2D eigenvalue weighted by atomic mass is 10.1. The van der Waals surface area contributed by atoms with Crippen LogP contribution in [0.1, 0.15) is 22.9 Å². The highest BCUT2D eigenvalue weighted by Gasteiger charge is 2.12. The fraction of sp³-hybridized carbons (Fsp3) is 0.545. The Morgan fingerprint density at radius 1 is 1.50 bits per heavy atom. The summed E-state index contributed by atoms with van der Waals surface area (Å²) in [6, 6.07) is 2.08. The van der Waals surface area contributed by atoms with Gasteiger partial charge >= 0.3 is 0 Å². The Labute approximate surface area is 85.5 Å². The molecule has 1 aromatic heterocycles. The molecule has 0 aliphatic carbocycles. The normalized spacial score (nSPS) is 12.9. The minimum Gasteiger partial charge on any atom is -0.375 e. The largest absolute Gasteiger partial charge is 0.375 e. The summed E-state index contributed by atoms with van der Waals surface area (Å²) in [6.45, 7) is 4.89. The summed E-state index contributed by atoms with van der Waals surface area (Å²) >= 11 is 0. The maximum atomic E-state index is 5.39. The number of ether oxygens (including phenoxy) is 1. The number of aromatic nitrogens is 1. The van der Waals surface area contributed by atoms with Crippen LogP contribution in [-0.2, 0) is 4.74 Å². The molecule has 78 valence electrons. The van der Waals surface area contributed by atoms with Gasteiger partial charge in [0.2, 0.25) is 0 Å². The van der Waals surface area contributed by atoms with Crippen molar-refractivity contribution in [1.29, 1.82) is 0 Å². The number of hydrogen-bond acceptors (Lipinski definition) is 3. The maximum absolute atomic E-state index is 5.39. The van der Waals surface area contributed by atoms with Crippen molar-refractivity contribution in [1.82, 2.24) is 10.3 Å². The molecule has 0 fully saturated rings. The van der Waals surface area contributed by atoms with Crippen molar-refractivity contribution in [2.75, 3.05) is 20.7 Å². The summed E-state index contributed by atoms with van der Waals surface area (Å²) in [7, 11) is 3.64. The zero-order valence-corrected chi connectivity index (χ0v) is 9.29. The highest BCUT2D eigenvalue weighted by Crippen LogP contribution is 2.19. The van der Waals surface area contributed by atoms with Gasteiger partial charge in [-0.15, -0.1) is 0 Å². The molecule has 0 bridgehead atoms. The average molecular weight is 194 g/mol. The molecule has 0 spiro atoms. The highest BCUT2D eigenvalue weighted by molar-refractivity contribution is 5.27. The van der Waals surface area contributed by atoms with Crippen molar-refractivity contribution in [3.8, 4) is 0 Å². The fourth-order valence-electron chi connectivity index (χ4n) is 1.55. The van der Waals surface area contributed by atoms with Gasteiger partial charge in [-0.3, -0.25) is 4.98 Å². The molecule has 1 unspecified atom stereocenters. The van der Waals surface area contributed by atoms with Crippen molar-refractivity contribution < 1.29 is 4.74 Å². The van der Waals surface area contributed by atoms with Gasteiger partial charge in [0.05, 0.1) is 6.10 Å². The van der Waals surface area contributed by atoms with Crippen LogP contribution in [0.4, 0.5) is 0 Å². The molecule has 3 nitrogen and oxygen atoms in total. The Hall–Kier alpha value is -0.930. The molecule has 14 heavy (non-hydrogen) atoms. The van der Waals surface area contributed by atoms with E-state index in [1.165, 1.54) is 5.56 Å². The summed E-state index contributed by atoms with van der Waals surface area (Å²) in [5.74, 6) is 0. The molecular weight excluding hydrogens is 176 g/mol. The van der Waals surface area contributed by atoms with Crippen LogP contribution in [0.2, 0.25) is 0 Å². The predicted octanol–water partition coefficient (Wildman–Crippen LogP) is 1.61. The fourth-order valence-corrected chi connectivity index (χ4v) is 1.55. The van der Waals surface area contributed by atoms with Crippen molar-refractivity contribution in [2.45, 2.75) is 20.0 Å². The second-order valence-corrected chi connectivity index (χ2v) is 3.46. The number of rotatable bonds is 4. The van der Waals surface area contributed by atoms with Crippen LogP contribution in [0.15, 0.2) is 12.3 Å². The minimum atomic E-state index is 0.0908. The molecule has 1 atom stereocenters. The Morgan fingerprint density at radius 3 is 2.71 bits per heavy atom. The van der Waals surface area contributed by atoms with Crippen molar-refractivity contribution in [2.24, 2.45) is 0 Å². The van der Waals surface area contributed by atoms with Gasteiger partial charge in [0.25, 0.3) is 0 Å². The molecule has 1 heterocycles. The number of pyridine rings is 1. The first-order valence-corrected chi connectivity index (χ1v) is 4.79. The van der Waals surface area contributed by atoms with Crippen LogP contribution in [0, 0.1) is 13.8 Å². The molecule has 3 heteroatoms. The molecular formula is C11H18N2O. The van der Waals surface area contributed by atoms with Gasteiger partial charge in [0.1, 0.15) is 0 Å². The summed E-state index contributed by atoms with van der Waals surface area (Å²) in [5.41, 5.74) is 3.44. The Morgan fingerprint density at radius 2 is 2.21 bits per heavy atom. The van der Waals surface area contributed by atoms with Gasteiger partial charge in [-0.25, -0.2) is 0 Å². The van der Waals surface area contributed by atoms with Crippen LogP contribution in [-0.4, -0.2) is 25.7 Å². The van der Waals surface area contributed by atoms with Crippen LogP contribution in [0.5, 0.6) is 0 Å². The van der Waals surface area contributed by atoms with E-state index < -0.39 is 0 Å². The van der Waals surface area contributed by atoms with Gasteiger partial charge in [-0.2, -0.15) is 0 Å². The Balaban J connectivity index is 2.92. The van der Waals surface area contributed by atoms with Gasteiger partial charge in [0.15, 0.2) is 0 Å². The SMILES string of the molecule is CNCC(OC)c1cnc(C)cc1C. The zero-order valence-electron chi connectivity index (χ0n) is 9.29. The Bertz CT molecular complexity index is 299. The van der Waals surface area contributed by atoms with E-state index in [2.05, 4.69) is 23.3 Å². The third-order valence-electron chi connectivity index (χ3n) is 2.31. The van der Waals surface area contributed by atoms with Crippen molar-refractivity contribution in [3.63, 3.8) is 0 Å². The van der Waals surface area contributed by atoms with E-state index in [1.807, 2.05) is 20.2 Å². The monoisotopic (exact) mass is 194 g/mol. The van der Waals surface area contributed by atoms with Gasteiger partial charge < -0.3 is 10.1 Å². The number of nitrogens with zero attached hydrogens (tertiary/aromatic N) is 1. The quantitative estimate of drug-likeness (QED) is 0.790. The number of likely N-dealkylation sites (N-methyl/N-ethyl adjacent to an activating group) is 1. The summed E-state index contributed by atoms with van der Waals surface area (Å²) in [5, 5.41) is 3.11. The van der Waals surface area contributed by atoms with Crippen LogP contribution in [0.3, 0.4) is 0 Å². The molecule has 1 N–H and O–H groups in total. The molecule has 0 aliphatic rings. The van der Waals surface area contributed by atoms with Gasteiger partial charge in [-0.05, 0) is 32.5 Å². The minimum absolute atomic E-state index is 0.0908. The third kappa shape index (κ3) is 2.53. The molecule has 0 aliphatic heterocycles. The van der Waals surface area contributed by atoms with Crippen LogP contribution in [0.25, 0.3) is 0 Å². The molecule has 0 amide bonds. The lowest BCUT2D eigenvalue weighted by molar-refractivity contribution is 0.103. The molecule has 1 rings (SSSR count). The van der Waals surface area contributed by atoms with Crippen molar-refractivity contribution >= 4 is 0 Å². The van der Waals surface area contributed by atoms with E-state index in [0.717, 1.165) is 17.8 Å². The molecule has 1 aromatic rings. The van der Waals surface area contributed by atoms with E-state index in [4.69, 9.17) is 4.74 Å². The highest BCUT2D eigenvalue weighted by atomic mass is 16.5. The van der Waals surface area contributed by atoms with E-state index in [1.54, 1.807) is 7.11 Å². The second-order valence-electron chi connectivity index (χ2n) is 3.46. The lowest BCUT2D eigenvalue weighted by Crippen LogP contribution is -2.19. The molecule has 0 radical (unpaired) electrons. The van der Waals surface area contributed by atoms with Crippen molar-refractivity contribution in [3.05, 3.63) is 29.1 Å². The van der Waals surface area contributed by atoms with Crippen LogP contribution >= 0.6 is 0 Å². The van der Waals surface area contributed by atoms with Crippen LogP contribution < -0.4 is 5.32 Å². The number of methoxy groups -OCH3 is 1. The Kier molecular flexibility index (Phi) is 4.04. The van der Waals surface area contributed by atoms with E-state index in [0.29, 0.717) is 0 Å². The smallest absolute Gasteiger partial charge is 0.0962 e. The third-order valence-corrected chi connectivity index (χ3v) is 2.31. The first-order valence-electron chi connectivity index (χ1n) is 4.79. The standard InChI is InChI=1S/C11H18N2O/c1-8-5-9(2)13-6-10(8)11(14-4)7-12-3/h5-6,11-12H,7H2,1-4H3. The number of aryl methyl sites for hydroxylation is 2. The first-order chi connectivity index (χ1) is 6.69. The number of hydrogen-bond donors (Lipinski definition) is 1. The zero-order chi connectivity index (χ0) is 10.6. The molecule has 0 saturated carbocycles. The first kappa shape index (κ1) is 11.1. The van der Waals surface area contributed by atoms with Gasteiger partial charge in [0, 0.05) is 31.1 Å². The molecule has 0 aromatic carbocycles. The topological polar surface area (TPSA) is 34.1 Å². The predicted molar refractivity (Wildman–Crippen MR) is 57.4 cm³/mol. The molecule has 0 saturated heterocycles.